The summed E-state index contributed by atoms with van der Waals surface area (Å²) in [6.07, 6.45) is 0.245. The minimum atomic E-state index is -0.380. The van der Waals surface area contributed by atoms with E-state index in [4.69, 9.17) is 9.47 Å². The Labute approximate surface area is 155 Å². The van der Waals surface area contributed by atoms with E-state index in [2.05, 4.69) is 10.3 Å². The summed E-state index contributed by atoms with van der Waals surface area (Å²) in [5.41, 5.74) is 0.405. The second kappa shape index (κ2) is 8.57. The molecule has 1 aromatic heterocycles. The van der Waals surface area contributed by atoms with Gasteiger partial charge in [-0.2, -0.15) is 0 Å². The molecule has 1 aromatic carbocycles. The molecule has 1 fully saturated rings. The summed E-state index contributed by atoms with van der Waals surface area (Å²) in [6.45, 7) is 1.57. The van der Waals surface area contributed by atoms with Crippen LogP contribution in [0, 0.1) is 5.82 Å². The maximum atomic E-state index is 13.4. The standard InChI is InChI=1S/C18H22FN3O3S/c1-22(2)9-17-20-15(11-26-17)18(23)21-14-6-7-24-10-16(14)25-13-5-3-4-12(19)8-13/h3-5,8,11,14,16H,6-7,9-10H2,1-2H3,(H,21,23)/t14-,16-/m1/s1. The average molecular weight is 379 g/mol. The number of carbonyl (C=O) groups is 1. The number of rotatable bonds is 6. The van der Waals surface area contributed by atoms with E-state index < -0.39 is 0 Å². The fourth-order valence-corrected chi connectivity index (χ4v) is 3.60. The molecule has 1 saturated heterocycles. The van der Waals surface area contributed by atoms with Crippen molar-refractivity contribution in [3.05, 3.63) is 46.2 Å². The van der Waals surface area contributed by atoms with Crippen LogP contribution in [0.15, 0.2) is 29.6 Å². The number of nitrogens with zero attached hydrogens (tertiary/aromatic N) is 2. The van der Waals surface area contributed by atoms with E-state index in [0.717, 1.165) is 5.01 Å². The fraction of sp³-hybridized carbons (Fsp3) is 0.444. The molecule has 0 spiro atoms. The highest BCUT2D eigenvalue weighted by molar-refractivity contribution is 7.09. The van der Waals surface area contributed by atoms with E-state index in [0.29, 0.717) is 37.6 Å². The highest BCUT2D eigenvalue weighted by atomic mass is 32.1. The van der Waals surface area contributed by atoms with Crippen molar-refractivity contribution in [3.63, 3.8) is 0 Å². The molecule has 1 aliphatic heterocycles. The number of hydrogen-bond donors (Lipinski definition) is 1. The minimum Gasteiger partial charge on any atom is -0.486 e. The SMILES string of the molecule is CN(C)Cc1nc(C(=O)N[C@@H]2CCOC[C@H]2Oc2cccc(F)c2)cs1. The second-order valence-corrected chi connectivity index (χ2v) is 7.36. The first-order valence-corrected chi connectivity index (χ1v) is 9.29. The summed E-state index contributed by atoms with van der Waals surface area (Å²) in [5.74, 6) is -0.177. The molecule has 8 heteroatoms. The van der Waals surface area contributed by atoms with Gasteiger partial charge in [0.1, 0.15) is 28.4 Å². The zero-order valence-electron chi connectivity index (χ0n) is 14.8. The van der Waals surface area contributed by atoms with Crippen LogP contribution in [0.2, 0.25) is 0 Å². The molecule has 1 N–H and O–H groups in total. The zero-order chi connectivity index (χ0) is 18.5. The Morgan fingerprint density at radius 3 is 3.12 bits per heavy atom. The van der Waals surface area contributed by atoms with Gasteiger partial charge >= 0.3 is 0 Å². The van der Waals surface area contributed by atoms with Crippen molar-refractivity contribution in [1.82, 2.24) is 15.2 Å². The molecule has 2 heterocycles. The molecule has 140 valence electrons. The summed E-state index contributed by atoms with van der Waals surface area (Å²) in [7, 11) is 3.91. The van der Waals surface area contributed by atoms with Crippen LogP contribution in [0.3, 0.4) is 0 Å². The number of amides is 1. The van der Waals surface area contributed by atoms with Crippen LogP contribution in [-0.2, 0) is 11.3 Å². The maximum absolute atomic E-state index is 13.4. The Kier molecular flexibility index (Phi) is 6.18. The summed E-state index contributed by atoms with van der Waals surface area (Å²) in [4.78, 5) is 18.9. The maximum Gasteiger partial charge on any atom is 0.271 e. The highest BCUT2D eigenvalue weighted by Gasteiger charge is 2.30. The summed E-state index contributed by atoms with van der Waals surface area (Å²) in [5, 5.41) is 5.63. The van der Waals surface area contributed by atoms with E-state index in [9.17, 15) is 9.18 Å². The number of ether oxygens (including phenoxy) is 2. The third kappa shape index (κ3) is 5.00. The first-order valence-electron chi connectivity index (χ1n) is 8.41. The molecule has 26 heavy (non-hydrogen) atoms. The van der Waals surface area contributed by atoms with Crippen LogP contribution in [0.1, 0.15) is 21.9 Å². The van der Waals surface area contributed by atoms with Crippen molar-refractivity contribution in [2.45, 2.75) is 25.1 Å². The van der Waals surface area contributed by atoms with Crippen LogP contribution in [-0.4, -0.2) is 55.2 Å². The molecule has 0 aliphatic carbocycles. The predicted molar refractivity (Wildman–Crippen MR) is 97.0 cm³/mol. The first kappa shape index (κ1) is 18.8. The molecule has 1 aliphatic rings. The molecule has 2 atom stereocenters. The molecule has 1 amide bonds. The van der Waals surface area contributed by atoms with Gasteiger partial charge in [-0.05, 0) is 32.6 Å². The summed E-state index contributed by atoms with van der Waals surface area (Å²) < 4.78 is 24.7. The lowest BCUT2D eigenvalue weighted by atomic mass is 10.1. The van der Waals surface area contributed by atoms with E-state index in [-0.39, 0.29) is 23.9 Å². The molecule has 0 unspecified atom stereocenters. The lowest BCUT2D eigenvalue weighted by Gasteiger charge is -2.32. The third-order valence-corrected chi connectivity index (χ3v) is 4.77. The van der Waals surface area contributed by atoms with Gasteiger partial charge in [0.05, 0.1) is 12.6 Å². The second-order valence-electron chi connectivity index (χ2n) is 6.42. The highest BCUT2D eigenvalue weighted by Crippen LogP contribution is 2.19. The number of aromatic nitrogens is 1. The number of hydrogen-bond acceptors (Lipinski definition) is 6. The normalized spacial score (nSPS) is 20.2. The monoisotopic (exact) mass is 379 g/mol. The molecule has 0 radical (unpaired) electrons. The van der Waals surface area contributed by atoms with E-state index in [1.807, 2.05) is 19.0 Å². The van der Waals surface area contributed by atoms with Crippen molar-refractivity contribution < 1.29 is 18.7 Å². The van der Waals surface area contributed by atoms with Crippen molar-refractivity contribution in [1.29, 1.82) is 0 Å². The van der Waals surface area contributed by atoms with Gasteiger partial charge in [-0.25, -0.2) is 9.37 Å². The third-order valence-electron chi connectivity index (χ3n) is 3.94. The Hall–Kier alpha value is -2.03. The molecule has 0 bridgehead atoms. The Morgan fingerprint density at radius 1 is 1.50 bits per heavy atom. The number of halogens is 1. The Balaban J connectivity index is 1.64. The predicted octanol–water partition coefficient (Wildman–Crippen LogP) is 2.31. The van der Waals surface area contributed by atoms with Crippen molar-refractivity contribution in [3.8, 4) is 5.75 Å². The van der Waals surface area contributed by atoms with Gasteiger partial charge in [-0.1, -0.05) is 6.07 Å². The summed E-state index contributed by atoms with van der Waals surface area (Å²) in [6, 6.07) is 5.73. The van der Waals surface area contributed by atoms with E-state index in [1.54, 1.807) is 17.5 Å². The quantitative estimate of drug-likeness (QED) is 0.835. The van der Waals surface area contributed by atoms with Crippen molar-refractivity contribution in [2.75, 3.05) is 27.3 Å². The van der Waals surface area contributed by atoms with Crippen molar-refractivity contribution >= 4 is 17.2 Å². The first-order chi connectivity index (χ1) is 12.5. The van der Waals surface area contributed by atoms with Gasteiger partial charge in [0.2, 0.25) is 0 Å². The van der Waals surface area contributed by atoms with Crippen LogP contribution >= 0.6 is 11.3 Å². The topological polar surface area (TPSA) is 63.7 Å². The van der Waals surface area contributed by atoms with Gasteiger partial charge in [0.15, 0.2) is 0 Å². The van der Waals surface area contributed by atoms with Crippen LogP contribution < -0.4 is 10.1 Å². The Bertz CT molecular complexity index is 753. The van der Waals surface area contributed by atoms with Gasteiger partial charge in [-0.3, -0.25) is 4.79 Å². The van der Waals surface area contributed by atoms with Gasteiger partial charge in [-0.15, -0.1) is 11.3 Å². The van der Waals surface area contributed by atoms with Gasteiger partial charge in [0.25, 0.3) is 5.91 Å². The number of thiazole rings is 1. The minimum absolute atomic E-state index is 0.224. The van der Waals surface area contributed by atoms with E-state index >= 15 is 0 Å². The van der Waals surface area contributed by atoms with Crippen LogP contribution in [0.4, 0.5) is 4.39 Å². The number of nitrogens with one attached hydrogen (secondary N) is 1. The smallest absolute Gasteiger partial charge is 0.271 e. The van der Waals surface area contributed by atoms with Crippen LogP contribution in [0.25, 0.3) is 0 Å². The Morgan fingerprint density at radius 2 is 2.35 bits per heavy atom. The van der Waals surface area contributed by atoms with Crippen LogP contribution in [0.5, 0.6) is 5.75 Å². The fourth-order valence-electron chi connectivity index (χ4n) is 2.71. The van der Waals surface area contributed by atoms with Crippen molar-refractivity contribution in [2.24, 2.45) is 0 Å². The molecule has 6 nitrogen and oxygen atoms in total. The van der Waals surface area contributed by atoms with Gasteiger partial charge in [0, 0.05) is 24.6 Å². The summed E-state index contributed by atoms with van der Waals surface area (Å²) >= 11 is 1.46. The number of carbonyl (C=O) groups excluding carboxylic acids is 1. The van der Waals surface area contributed by atoms with E-state index in [1.165, 1.54) is 23.5 Å². The molecule has 2 aromatic rings. The zero-order valence-corrected chi connectivity index (χ0v) is 15.6. The van der Waals surface area contributed by atoms with Gasteiger partial charge < -0.3 is 19.7 Å². The number of benzene rings is 1. The lowest BCUT2D eigenvalue weighted by molar-refractivity contribution is -0.0136. The lowest BCUT2D eigenvalue weighted by Crippen LogP contribution is -2.51. The molecule has 0 saturated carbocycles. The molecule has 3 rings (SSSR count). The molecular formula is C18H22FN3O3S. The molecular weight excluding hydrogens is 357 g/mol. The largest absolute Gasteiger partial charge is 0.486 e. The average Bonchev–Trinajstić information content (AvgIpc) is 3.04.